The van der Waals surface area contributed by atoms with E-state index in [0.717, 1.165) is 28.1 Å². The highest BCUT2D eigenvalue weighted by molar-refractivity contribution is 6.00. The Morgan fingerprint density at radius 3 is 1.69 bits per heavy atom. The van der Waals surface area contributed by atoms with Crippen molar-refractivity contribution in [2.75, 3.05) is 0 Å². The van der Waals surface area contributed by atoms with Crippen molar-refractivity contribution in [2.24, 2.45) is 0 Å². The molecule has 0 N–H and O–H groups in total. The van der Waals surface area contributed by atoms with Gasteiger partial charge in [-0.2, -0.15) is 0 Å². The van der Waals surface area contributed by atoms with Crippen LogP contribution >= 0.6 is 0 Å². The largest absolute Gasteiger partial charge is 0.248 e. The quantitative estimate of drug-likeness (QED) is 0.168. The number of aromatic nitrogens is 1. The molecule has 260 valence electrons. The normalized spacial score (nSPS) is 12.7. The van der Waals surface area contributed by atoms with E-state index in [1.54, 1.807) is 0 Å². The van der Waals surface area contributed by atoms with Crippen LogP contribution < -0.4 is 0 Å². The van der Waals surface area contributed by atoms with Gasteiger partial charge in [-0.25, -0.2) is 4.98 Å². The minimum Gasteiger partial charge on any atom is -0.248 e. The van der Waals surface area contributed by atoms with E-state index in [4.69, 9.17) is 4.98 Å². The monoisotopic (exact) mass is 701 g/mol. The first-order chi connectivity index (χ1) is 27.1. The zero-order valence-electron chi connectivity index (χ0n) is 31.0. The van der Waals surface area contributed by atoms with E-state index in [9.17, 15) is 0 Å². The second-order valence-electron chi connectivity index (χ2n) is 14.7. The molecule has 0 fully saturated rings. The van der Waals surface area contributed by atoms with Gasteiger partial charge in [-0.3, -0.25) is 0 Å². The molecule has 0 saturated carbocycles. The van der Waals surface area contributed by atoms with Crippen LogP contribution in [0.1, 0.15) is 33.4 Å². The molecule has 10 rings (SSSR count). The molecular formula is C54H39N. The summed E-state index contributed by atoms with van der Waals surface area (Å²) < 4.78 is 0. The summed E-state index contributed by atoms with van der Waals surface area (Å²) in [6, 6.07) is 73.1. The predicted molar refractivity (Wildman–Crippen MR) is 230 cm³/mol. The average Bonchev–Trinajstić information content (AvgIpc) is 3.55. The number of hydrogen-bond donors (Lipinski definition) is 0. The van der Waals surface area contributed by atoms with Crippen LogP contribution in [0, 0.1) is 13.8 Å². The van der Waals surface area contributed by atoms with Gasteiger partial charge in [-0.05, 0) is 116 Å². The van der Waals surface area contributed by atoms with Gasteiger partial charge in [-0.1, -0.05) is 176 Å². The smallest absolute Gasteiger partial charge is 0.0722 e. The summed E-state index contributed by atoms with van der Waals surface area (Å²) >= 11 is 0. The molecule has 55 heavy (non-hydrogen) atoms. The fraction of sp³-hybridized carbons (Fsp3) is 0.0556. The summed E-state index contributed by atoms with van der Waals surface area (Å²) in [6.45, 7) is 4.47. The molecule has 0 atom stereocenters. The maximum absolute atomic E-state index is 5.49. The topological polar surface area (TPSA) is 12.9 Å². The van der Waals surface area contributed by atoms with E-state index in [-0.39, 0.29) is 0 Å². The molecule has 1 aliphatic rings. The molecule has 0 aliphatic heterocycles. The van der Waals surface area contributed by atoms with Gasteiger partial charge in [0.25, 0.3) is 0 Å². The van der Waals surface area contributed by atoms with Gasteiger partial charge < -0.3 is 0 Å². The van der Waals surface area contributed by atoms with Gasteiger partial charge in [0.2, 0.25) is 0 Å². The van der Waals surface area contributed by atoms with E-state index in [1.807, 2.05) is 0 Å². The standard InChI is InChI=1S/C54H39N/c1-36-18-12-14-26-44(36)53-37(2)45-27-15-13-21-40(45)32-48(53)52-35-41(34-51(55-52)38-19-6-3-7-20-38)39-30-31-47-46-28-16-17-29-49(46)54(50(47)33-39,42-22-8-4-9-23-42)43-24-10-5-11-25-43/h3-35H,1-2H3. The van der Waals surface area contributed by atoms with Gasteiger partial charge in [0.05, 0.1) is 16.8 Å². The molecule has 8 aromatic carbocycles. The van der Waals surface area contributed by atoms with Crippen molar-refractivity contribution < 1.29 is 0 Å². The summed E-state index contributed by atoms with van der Waals surface area (Å²) in [5.74, 6) is 0. The van der Waals surface area contributed by atoms with Crippen LogP contribution in [0.4, 0.5) is 0 Å². The Labute approximate surface area is 323 Å². The zero-order valence-corrected chi connectivity index (χ0v) is 31.0. The molecule has 0 spiro atoms. The van der Waals surface area contributed by atoms with Gasteiger partial charge in [0.15, 0.2) is 0 Å². The van der Waals surface area contributed by atoms with Crippen molar-refractivity contribution >= 4 is 10.8 Å². The number of aryl methyl sites for hydroxylation is 2. The van der Waals surface area contributed by atoms with Gasteiger partial charge in [-0.15, -0.1) is 0 Å². The summed E-state index contributed by atoms with van der Waals surface area (Å²) in [4.78, 5) is 5.49. The van der Waals surface area contributed by atoms with E-state index in [0.29, 0.717) is 0 Å². The number of nitrogens with zero attached hydrogens (tertiary/aromatic N) is 1. The van der Waals surface area contributed by atoms with Crippen LogP contribution in [0.25, 0.3) is 66.7 Å². The first kappa shape index (κ1) is 32.8. The summed E-state index contributed by atoms with van der Waals surface area (Å²) in [6.07, 6.45) is 0. The van der Waals surface area contributed by atoms with Crippen LogP contribution in [0.3, 0.4) is 0 Å². The van der Waals surface area contributed by atoms with Crippen molar-refractivity contribution in [3.63, 3.8) is 0 Å². The lowest BCUT2D eigenvalue weighted by molar-refractivity contribution is 0.769. The lowest BCUT2D eigenvalue weighted by Crippen LogP contribution is -2.28. The van der Waals surface area contributed by atoms with Crippen LogP contribution in [-0.4, -0.2) is 4.98 Å². The van der Waals surface area contributed by atoms with Crippen molar-refractivity contribution in [1.82, 2.24) is 4.98 Å². The lowest BCUT2D eigenvalue weighted by Gasteiger charge is -2.34. The molecule has 1 aliphatic carbocycles. The SMILES string of the molecule is Cc1ccccc1-c1c(-c2cc(-c3ccc4c(c3)C(c3ccccc3)(c3ccccc3)c3ccccc3-4)cc(-c3ccccc3)n2)cc2ccccc2c1C. The molecule has 1 heterocycles. The van der Waals surface area contributed by atoms with Crippen molar-refractivity contribution in [3.8, 4) is 55.9 Å². The van der Waals surface area contributed by atoms with Crippen LogP contribution in [0.15, 0.2) is 200 Å². The van der Waals surface area contributed by atoms with E-state index < -0.39 is 5.41 Å². The fourth-order valence-corrected chi connectivity index (χ4v) is 9.15. The van der Waals surface area contributed by atoms with E-state index in [2.05, 4.69) is 214 Å². The van der Waals surface area contributed by atoms with Gasteiger partial charge in [0, 0.05) is 11.1 Å². The molecule has 0 saturated heterocycles. The second-order valence-corrected chi connectivity index (χ2v) is 14.7. The Hall–Kier alpha value is -6.83. The Morgan fingerprint density at radius 1 is 0.382 bits per heavy atom. The first-order valence-electron chi connectivity index (χ1n) is 19.1. The number of hydrogen-bond acceptors (Lipinski definition) is 1. The van der Waals surface area contributed by atoms with E-state index in [1.165, 1.54) is 72.0 Å². The van der Waals surface area contributed by atoms with Gasteiger partial charge in [0.1, 0.15) is 0 Å². The minimum atomic E-state index is -0.476. The van der Waals surface area contributed by atoms with Crippen LogP contribution in [-0.2, 0) is 5.41 Å². The molecule has 1 nitrogen and oxygen atoms in total. The number of fused-ring (bicyclic) bond motifs is 4. The maximum atomic E-state index is 5.49. The molecule has 0 unspecified atom stereocenters. The fourth-order valence-electron chi connectivity index (χ4n) is 9.15. The Balaban J connectivity index is 1.26. The third kappa shape index (κ3) is 5.27. The van der Waals surface area contributed by atoms with Gasteiger partial charge >= 0.3 is 0 Å². The number of pyridine rings is 1. The second kappa shape index (κ2) is 13.2. The van der Waals surface area contributed by atoms with Crippen molar-refractivity contribution in [1.29, 1.82) is 0 Å². The van der Waals surface area contributed by atoms with Crippen LogP contribution in [0.5, 0.6) is 0 Å². The van der Waals surface area contributed by atoms with Crippen LogP contribution in [0.2, 0.25) is 0 Å². The highest BCUT2D eigenvalue weighted by atomic mass is 14.7. The maximum Gasteiger partial charge on any atom is 0.0722 e. The molecule has 9 aromatic rings. The third-order valence-corrected chi connectivity index (χ3v) is 11.7. The average molecular weight is 702 g/mol. The Morgan fingerprint density at radius 2 is 0.964 bits per heavy atom. The summed E-state index contributed by atoms with van der Waals surface area (Å²) in [5, 5.41) is 2.48. The molecular weight excluding hydrogens is 663 g/mol. The Kier molecular flexibility index (Phi) is 7.89. The number of benzene rings is 8. The highest BCUT2D eigenvalue weighted by Crippen LogP contribution is 2.56. The van der Waals surface area contributed by atoms with E-state index >= 15 is 0 Å². The zero-order chi connectivity index (χ0) is 36.9. The third-order valence-electron chi connectivity index (χ3n) is 11.7. The molecule has 0 radical (unpaired) electrons. The lowest BCUT2D eigenvalue weighted by atomic mass is 9.67. The summed E-state index contributed by atoms with van der Waals surface area (Å²) in [5.41, 5.74) is 18.7. The number of rotatable bonds is 6. The summed E-state index contributed by atoms with van der Waals surface area (Å²) in [7, 11) is 0. The first-order valence-corrected chi connectivity index (χ1v) is 19.1. The van der Waals surface area contributed by atoms with Crippen molar-refractivity contribution in [2.45, 2.75) is 19.3 Å². The van der Waals surface area contributed by atoms with Crippen molar-refractivity contribution in [3.05, 3.63) is 234 Å². The highest BCUT2D eigenvalue weighted by Gasteiger charge is 2.46. The molecule has 0 amide bonds. The minimum absolute atomic E-state index is 0.476. The molecule has 0 bridgehead atoms. The molecule has 1 heteroatoms. The Bertz CT molecular complexity index is 2830. The predicted octanol–water partition coefficient (Wildman–Crippen LogP) is 13.9. The molecule has 1 aromatic heterocycles.